The molecule has 43 heavy (non-hydrogen) atoms. The monoisotopic (exact) mass is 616 g/mol. The number of hydroxylamine groups is 2. The molecule has 1 saturated heterocycles. The first-order chi connectivity index (χ1) is 20.7. The van der Waals surface area contributed by atoms with E-state index in [1.165, 1.54) is 31.9 Å². The van der Waals surface area contributed by atoms with E-state index >= 15 is 4.39 Å². The van der Waals surface area contributed by atoms with E-state index in [0.29, 0.717) is 34.5 Å². The first kappa shape index (κ1) is 30.4. The molecule has 1 N–H and O–H groups in total. The van der Waals surface area contributed by atoms with Crippen molar-refractivity contribution in [2.45, 2.75) is 24.7 Å². The van der Waals surface area contributed by atoms with Crippen LogP contribution >= 0.6 is 0 Å². The molecule has 0 spiro atoms. The van der Waals surface area contributed by atoms with Gasteiger partial charge in [0.25, 0.3) is 10.0 Å². The van der Waals surface area contributed by atoms with Gasteiger partial charge in [-0.1, -0.05) is 13.3 Å². The number of rotatable bonds is 11. The van der Waals surface area contributed by atoms with Gasteiger partial charge < -0.3 is 19.2 Å². The van der Waals surface area contributed by atoms with E-state index in [9.17, 15) is 17.2 Å². The van der Waals surface area contributed by atoms with Crippen molar-refractivity contribution in [1.29, 1.82) is 0 Å². The van der Waals surface area contributed by atoms with Crippen LogP contribution in [0, 0.1) is 17.5 Å². The van der Waals surface area contributed by atoms with Gasteiger partial charge >= 0.3 is 0 Å². The number of nitrogens with zero attached hydrogens (tertiary/aromatic N) is 3. The van der Waals surface area contributed by atoms with Gasteiger partial charge in [0.2, 0.25) is 0 Å². The Morgan fingerprint density at radius 2 is 1.67 bits per heavy atom. The Hall–Kier alpha value is -4.07. The second-order valence-electron chi connectivity index (χ2n) is 9.97. The Kier molecular flexibility index (Phi) is 9.23. The highest BCUT2D eigenvalue weighted by atomic mass is 32.2. The third kappa shape index (κ3) is 7.12. The molecule has 1 aliphatic heterocycles. The maximum atomic E-state index is 15.1. The molecule has 3 aromatic carbocycles. The molecule has 0 bridgehead atoms. The number of fused-ring (bicyclic) bond motifs is 1. The number of aromatic nitrogens is 1. The number of hydrogen-bond donors (Lipinski definition) is 1. The summed E-state index contributed by atoms with van der Waals surface area (Å²) in [7, 11) is -3.01. The van der Waals surface area contributed by atoms with Crippen LogP contribution in [0.15, 0.2) is 65.7 Å². The van der Waals surface area contributed by atoms with Crippen LogP contribution in [-0.2, 0) is 10.0 Å². The lowest BCUT2D eigenvalue weighted by molar-refractivity contribution is -0.0896. The van der Waals surface area contributed by atoms with E-state index in [4.69, 9.17) is 14.3 Å². The van der Waals surface area contributed by atoms with Crippen LogP contribution in [0.2, 0.25) is 0 Å². The van der Waals surface area contributed by atoms with Crippen LogP contribution < -0.4 is 19.0 Å². The lowest BCUT2D eigenvalue weighted by atomic mass is 10.2. The van der Waals surface area contributed by atoms with Crippen LogP contribution in [0.5, 0.6) is 23.0 Å². The Morgan fingerprint density at radius 1 is 0.884 bits per heavy atom. The maximum Gasteiger partial charge on any atom is 0.264 e. The quantitative estimate of drug-likeness (QED) is 0.221. The largest absolute Gasteiger partial charge is 0.493 e. The Bertz CT molecular complexity index is 1720. The Morgan fingerprint density at radius 3 is 2.40 bits per heavy atom. The number of nitrogens with one attached hydrogen (secondary N) is 1. The van der Waals surface area contributed by atoms with E-state index in [2.05, 4.69) is 21.5 Å². The number of methoxy groups -OCH3 is 1. The van der Waals surface area contributed by atoms with E-state index in [0.717, 1.165) is 51.3 Å². The fraction of sp³-hybridized carbons (Fsp3) is 0.300. The van der Waals surface area contributed by atoms with Crippen LogP contribution in [0.3, 0.4) is 0 Å². The van der Waals surface area contributed by atoms with Gasteiger partial charge in [-0.25, -0.2) is 21.6 Å². The Labute approximate surface area is 247 Å². The van der Waals surface area contributed by atoms with Gasteiger partial charge in [-0.05, 0) is 55.4 Å². The molecule has 1 aliphatic rings. The van der Waals surface area contributed by atoms with Crippen LogP contribution in [0.1, 0.15) is 19.8 Å². The number of ether oxygens (including phenoxy) is 2. The lowest BCUT2D eigenvalue weighted by Crippen LogP contribution is -2.47. The number of sulfonamides is 1. The van der Waals surface area contributed by atoms with Crippen molar-refractivity contribution >= 4 is 26.6 Å². The summed E-state index contributed by atoms with van der Waals surface area (Å²) in [5.41, 5.74) is 0.319. The average Bonchev–Trinajstić information content (AvgIpc) is 2.99. The zero-order chi connectivity index (χ0) is 30.6. The molecule has 0 unspecified atom stereocenters. The van der Waals surface area contributed by atoms with Gasteiger partial charge in [0, 0.05) is 49.9 Å². The summed E-state index contributed by atoms with van der Waals surface area (Å²) in [6.45, 7) is 6.54. The fourth-order valence-corrected chi connectivity index (χ4v) is 5.81. The van der Waals surface area contributed by atoms with Crippen molar-refractivity contribution in [2.24, 2.45) is 0 Å². The molecular formula is C30H31F3N4O5S. The number of benzene rings is 3. The summed E-state index contributed by atoms with van der Waals surface area (Å²) in [6, 6.07) is 10.3. The zero-order valence-electron chi connectivity index (χ0n) is 23.6. The maximum absolute atomic E-state index is 15.1. The topological polar surface area (TPSA) is 93.2 Å². The van der Waals surface area contributed by atoms with Gasteiger partial charge in [0.05, 0.1) is 18.3 Å². The van der Waals surface area contributed by atoms with Crippen molar-refractivity contribution in [3.8, 4) is 23.0 Å². The molecule has 9 nitrogen and oxygen atoms in total. The molecule has 1 aromatic heterocycles. The highest BCUT2D eigenvalue weighted by Gasteiger charge is 2.22. The minimum absolute atomic E-state index is 0.201. The molecule has 0 radical (unpaired) electrons. The van der Waals surface area contributed by atoms with Crippen molar-refractivity contribution in [3.63, 3.8) is 0 Å². The standard InChI is InChI=1S/C30H31F3N4O5S/c1-3-4-11-36-12-14-37(15-13-36)42-29-19-25-22(18-28(29)40-2)26(9-10-34-25)41-27-8-6-21(17-24(27)33)35-43(38,39)30-16-20(31)5-7-23(30)32/h5-10,16-19,35H,3-4,11-15H2,1-2H3. The predicted molar refractivity (Wildman–Crippen MR) is 155 cm³/mol. The van der Waals surface area contributed by atoms with Crippen molar-refractivity contribution in [2.75, 3.05) is 44.6 Å². The van der Waals surface area contributed by atoms with Gasteiger partial charge in [0.15, 0.2) is 23.1 Å². The molecule has 0 amide bonds. The van der Waals surface area contributed by atoms with Gasteiger partial charge in [-0.15, -0.1) is 5.06 Å². The minimum atomic E-state index is -4.53. The molecule has 2 heterocycles. The molecule has 1 fully saturated rings. The summed E-state index contributed by atoms with van der Waals surface area (Å²) >= 11 is 0. The van der Waals surface area contributed by atoms with E-state index in [1.807, 2.05) is 5.06 Å². The molecule has 0 aliphatic carbocycles. The summed E-state index contributed by atoms with van der Waals surface area (Å²) in [5, 5.41) is 2.42. The normalized spacial score (nSPS) is 14.5. The molecule has 13 heteroatoms. The fourth-order valence-electron chi connectivity index (χ4n) is 4.67. The number of anilines is 1. The highest BCUT2D eigenvalue weighted by Crippen LogP contribution is 2.38. The zero-order valence-corrected chi connectivity index (χ0v) is 24.5. The van der Waals surface area contributed by atoms with Gasteiger partial charge in [-0.3, -0.25) is 9.71 Å². The summed E-state index contributed by atoms with van der Waals surface area (Å²) in [5.74, 6) is -1.98. The van der Waals surface area contributed by atoms with Crippen molar-refractivity contribution < 1.29 is 35.9 Å². The number of halogens is 3. The third-order valence-electron chi connectivity index (χ3n) is 6.96. The lowest BCUT2D eigenvalue weighted by Gasteiger charge is -2.34. The molecule has 228 valence electrons. The minimum Gasteiger partial charge on any atom is -0.493 e. The van der Waals surface area contributed by atoms with Crippen LogP contribution in [0.4, 0.5) is 18.9 Å². The predicted octanol–water partition coefficient (Wildman–Crippen LogP) is 5.97. The van der Waals surface area contributed by atoms with Crippen molar-refractivity contribution in [1.82, 2.24) is 14.9 Å². The summed E-state index contributed by atoms with van der Waals surface area (Å²) < 4.78 is 81.2. The smallest absolute Gasteiger partial charge is 0.264 e. The number of piperazine rings is 1. The first-order valence-corrected chi connectivity index (χ1v) is 15.2. The van der Waals surface area contributed by atoms with Crippen LogP contribution in [-0.4, -0.2) is 63.2 Å². The van der Waals surface area contributed by atoms with E-state index in [1.54, 1.807) is 18.2 Å². The Balaban J connectivity index is 1.33. The second kappa shape index (κ2) is 13.1. The molecule has 4 aromatic rings. The first-order valence-electron chi connectivity index (χ1n) is 13.7. The third-order valence-corrected chi connectivity index (χ3v) is 8.36. The van der Waals surface area contributed by atoms with E-state index < -0.39 is 32.4 Å². The molecule has 0 saturated carbocycles. The average molecular weight is 617 g/mol. The van der Waals surface area contributed by atoms with E-state index in [-0.39, 0.29) is 17.2 Å². The number of pyridine rings is 1. The van der Waals surface area contributed by atoms with Crippen molar-refractivity contribution in [3.05, 3.63) is 78.2 Å². The highest BCUT2D eigenvalue weighted by molar-refractivity contribution is 7.92. The van der Waals surface area contributed by atoms with Crippen LogP contribution in [0.25, 0.3) is 10.9 Å². The summed E-state index contributed by atoms with van der Waals surface area (Å²) in [6.07, 6.45) is 3.83. The number of hydrogen-bond acceptors (Lipinski definition) is 8. The summed E-state index contributed by atoms with van der Waals surface area (Å²) in [4.78, 5) is 12.1. The SMILES string of the molecule is CCCCN1CCN(Oc2cc3nccc(Oc4ccc(NS(=O)(=O)c5cc(F)ccc5F)cc4F)c3cc2OC)CC1. The van der Waals surface area contributed by atoms with Gasteiger partial charge in [0.1, 0.15) is 22.3 Å². The number of unbranched alkanes of at least 4 members (excludes halogenated alkanes) is 1. The molecule has 0 atom stereocenters. The molecule has 5 rings (SSSR count). The second-order valence-corrected chi connectivity index (χ2v) is 11.6. The molecular weight excluding hydrogens is 585 g/mol. The van der Waals surface area contributed by atoms with Gasteiger partial charge in [-0.2, -0.15) is 0 Å².